The second-order valence-corrected chi connectivity index (χ2v) is 5.76. The van der Waals surface area contributed by atoms with E-state index in [0.717, 1.165) is 5.75 Å². The molecule has 0 unspecified atom stereocenters. The SMILES string of the molecule is CCNC(=O)C(C)(C)CNC(=NC)NCCOc1ccccc1. The van der Waals surface area contributed by atoms with E-state index in [9.17, 15) is 4.79 Å². The molecule has 6 nitrogen and oxygen atoms in total. The second-order valence-electron chi connectivity index (χ2n) is 5.76. The van der Waals surface area contributed by atoms with Gasteiger partial charge in [-0.2, -0.15) is 0 Å². The van der Waals surface area contributed by atoms with E-state index in [1.807, 2.05) is 51.1 Å². The van der Waals surface area contributed by atoms with Gasteiger partial charge in [-0.15, -0.1) is 0 Å². The van der Waals surface area contributed by atoms with Crippen LogP contribution in [0.15, 0.2) is 35.3 Å². The maximum absolute atomic E-state index is 12.0. The molecule has 0 heterocycles. The van der Waals surface area contributed by atoms with Crippen molar-refractivity contribution in [3.8, 4) is 5.75 Å². The van der Waals surface area contributed by atoms with Crippen LogP contribution in [0.4, 0.5) is 0 Å². The average molecular weight is 320 g/mol. The Hall–Kier alpha value is -2.24. The van der Waals surface area contributed by atoms with Gasteiger partial charge in [-0.3, -0.25) is 9.79 Å². The van der Waals surface area contributed by atoms with Crippen molar-refractivity contribution in [2.24, 2.45) is 10.4 Å². The number of nitrogens with one attached hydrogen (secondary N) is 3. The van der Waals surface area contributed by atoms with Crippen LogP contribution in [0, 0.1) is 5.41 Å². The van der Waals surface area contributed by atoms with E-state index in [1.165, 1.54) is 0 Å². The van der Waals surface area contributed by atoms with Gasteiger partial charge in [0.1, 0.15) is 12.4 Å². The minimum absolute atomic E-state index is 0.0235. The fraction of sp³-hybridized carbons (Fsp3) is 0.529. The Kier molecular flexibility index (Phi) is 7.94. The van der Waals surface area contributed by atoms with E-state index in [4.69, 9.17) is 4.74 Å². The van der Waals surface area contributed by atoms with E-state index in [0.29, 0.717) is 32.2 Å². The van der Waals surface area contributed by atoms with Crippen molar-refractivity contribution in [1.29, 1.82) is 0 Å². The summed E-state index contributed by atoms with van der Waals surface area (Å²) in [7, 11) is 1.70. The number of rotatable bonds is 8. The summed E-state index contributed by atoms with van der Waals surface area (Å²) < 4.78 is 5.61. The number of aliphatic imine (C=N–C) groups is 1. The van der Waals surface area contributed by atoms with Crippen LogP contribution in [0.3, 0.4) is 0 Å². The first-order valence-corrected chi connectivity index (χ1v) is 7.90. The van der Waals surface area contributed by atoms with Crippen molar-refractivity contribution in [1.82, 2.24) is 16.0 Å². The van der Waals surface area contributed by atoms with Crippen LogP contribution >= 0.6 is 0 Å². The van der Waals surface area contributed by atoms with Gasteiger partial charge in [0.2, 0.25) is 5.91 Å². The molecule has 1 aromatic carbocycles. The Morgan fingerprint density at radius 3 is 2.48 bits per heavy atom. The van der Waals surface area contributed by atoms with Crippen LogP contribution in [-0.4, -0.2) is 45.2 Å². The molecule has 3 N–H and O–H groups in total. The average Bonchev–Trinajstić information content (AvgIpc) is 2.55. The van der Waals surface area contributed by atoms with Gasteiger partial charge >= 0.3 is 0 Å². The number of ether oxygens (including phenoxy) is 1. The highest BCUT2D eigenvalue weighted by molar-refractivity contribution is 5.84. The van der Waals surface area contributed by atoms with Gasteiger partial charge in [-0.05, 0) is 32.9 Å². The lowest BCUT2D eigenvalue weighted by molar-refractivity contribution is -0.128. The highest BCUT2D eigenvalue weighted by atomic mass is 16.5. The Labute approximate surface area is 138 Å². The normalized spacial score (nSPS) is 11.7. The fourth-order valence-electron chi connectivity index (χ4n) is 1.86. The molecule has 0 aliphatic carbocycles. The quantitative estimate of drug-likeness (QED) is 0.384. The van der Waals surface area contributed by atoms with Crippen molar-refractivity contribution in [3.05, 3.63) is 30.3 Å². The smallest absolute Gasteiger partial charge is 0.227 e. The van der Waals surface area contributed by atoms with Gasteiger partial charge in [-0.1, -0.05) is 18.2 Å². The molecule has 0 aromatic heterocycles. The van der Waals surface area contributed by atoms with Crippen molar-refractivity contribution in [2.75, 3.05) is 33.3 Å². The number of hydrogen-bond acceptors (Lipinski definition) is 3. The molecule has 0 bridgehead atoms. The molecule has 0 aliphatic rings. The number of amides is 1. The standard InChI is InChI=1S/C17H28N4O2/c1-5-19-15(22)17(2,3)13-21-16(18-4)20-11-12-23-14-9-7-6-8-10-14/h6-10H,5,11-13H2,1-4H3,(H,19,22)(H2,18,20,21). The zero-order valence-corrected chi connectivity index (χ0v) is 14.5. The Bertz CT molecular complexity index is 501. The molecule has 0 atom stereocenters. The molecule has 0 aliphatic heterocycles. The molecule has 1 rings (SSSR count). The number of hydrogen-bond donors (Lipinski definition) is 3. The highest BCUT2D eigenvalue weighted by Crippen LogP contribution is 2.13. The van der Waals surface area contributed by atoms with Gasteiger partial charge in [-0.25, -0.2) is 0 Å². The predicted molar refractivity (Wildman–Crippen MR) is 93.8 cm³/mol. The third-order valence-electron chi connectivity index (χ3n) is 3.28. The van der Waals surface area contributed by atoms with E-state index < -0.39 is 5.41 Å². The number of benzene rings is 1. The molecule has 0 spiro atoms. The van der Waals surface area contributed by atoms with Crippen LogP contribution in [-0.2, 0) is 4.79 Å². The molecule has 1 amide bonds. The second kappa shape index (κ2) is 9.71. The minimum atomic E-state index is -0.506. The zero-order chi connectivity index (χ0) is 17.1. The summed E-state index contributed by atoms with van der Waals surface area (Å²) in [6.07, 6.45) is 0. The van der Waals surface area contributed by atoms with Gasteiger partial charge in [0.15, 0.2) is 5.96 Å². The first-order chi connectivity index (χ1) is 11.0. The van der Waals surface area contributed by atoms with Crippen molar-refractivity contribution >= 4 is 11.9 Å². The van der Waals surface area contributed by atoms with E-state index in [2.05, 4.69) is 20.9 Å². The molecular formula is C17H28N4O2. The Morgan fingerprint density at radius 2 is 1.87 bits per heavy atom. The molecular weight excluding hydrogens is 292 g/mol. The molecule has 0 fully saturated rings. The van der Waals surface area contributed by atoms with E-state index in [1.54, 1.807) is 7.05 Å². The first-order valence-electron chi connectivity index (χ1n) is 7.90. The lowest BCUT2D eigenvalue weighted by Gasteiger charge is -2.24. The Morgan fingerprint density at radius 1 is 1.17 bits per heavy atom. The monoisotopic (exact) mass is 320 g/mol. The maximum atomic E-state index is 12.0. The van der Waals surface area contributed by atoms with Crippen molar-refractivity contribution in [2.45, 2.75) is 20.8 Å². The number of carbonyl (C=O) groups excluding carboxylic acids is 1. The van der Waals surface area contributed by atoms with Crippen molar-refractivity contribution < 1.29 is 9.53 Å². The van der Waals surface area contributed by atoms with Crippen LogP contribution in [0.5, 0.6) is 5.75 Å². The Balaban J connectivity index is 2.30. The number of para-hydroxylation sites is 1. The third-order valence-corrected chi connectivity index (χ3v) is 3.28. The first kappa shape index (κ1) is 18.8. The molecule has 23 heavy (non-hydrogen) atoms. The number of nitrogens with zero attached hydrogens (tertiary/aromatic N) is 1. The largest absolute Gasteiger partial charge is 0.492 e. The third kappa shape index (κ3) is 7.04. The zero-order valence-electron chi connectivity index (χ0n) is 14.5. The summed E-state index contributed by atoms with van der Waals surface area (Å²) in [6, 6.07) is 9.66. The van der Waals surface area contributed by atoms with Gasteiger partial charge in [0.25, 0.3) is 0 Å². The van der Waals surface area contributed by atoms with Crippen LogP contribution in [0.25, 0.3) is 0 Å². The topological polar surface area (TPSA) is 74.8 Å². The maximum Gasteiger partial charge on any atom is 0.227 e. The summed E-state index contributed by atoms with van der Waals surface area (Å²) >= 11 is 0. The summed E-state index contributed by atoms with van der Waals surface area (Å²) in [6.45, 7) is 7.99. The summed E-state index contributed by atoms with van der Waals surface area (Å²) in [4.78, 5) is 16.1. The summed E-state index contributed by atoms with van der Waals surface area (Å²) in [5, 5.41) is 9.17. The number of carbonyl (C=O) groups is 1. The molecule has 128 valence electrons. The van der Waals surface area contributed by atoms with Crippen molar-refractivity contribution in [3.63, 3.8) is 0 Å². The fourth-order valence-corrected chi connectivity index (χ4v) is 1.86. The minimum Gasteiger partial charge on any atom is -0.492 e. The summed E-state index contributed by atoms with van der Waals surface area (Å²) in [5.74, 6) is 1.52. The molecule has 0 saturated heterocycles. The summed E-state index contributed by atoms with van der Waals surface area (Å²) in [5.41, 5.74) is -0.506. The van der Waals surface area contributed by atoms with Gasteiger partial charge < -0.3 is 20.7 Å². The van der Waals surface area contributed by atoms with Gasteiger partial charge in [0.05, 0.1) is 12.0 Å². The van der Waals surface area contributed by atoms with Gasteiger partial charge in [0, 0.05) is 20.1 Å². The molecule has 1 aromatic rings. The van der Waals surface area contributed by atoms with Crippen LogP contribution in [0.1, 0.15) is 20.8 Å². The predicted octanol–water partition coefficient (Wildman–Crippen LogP) is 1.39. The lowest BCUT2D eigenvalue weighted by atomic mass is 9.92. The molecule has 0 saturated carbocycles. The van der Waals surface area contributed by atoms with E-state index in [-0.39, 0.29) is 5.91 Å². The molecule has 6 heteroatoms. The van der Waals surface area contributed by atoms with Crippen LogP contribution < -0.4 is 20.7 Å². The number of guanidine groups is 1. The van der Waals surface area contributed by atoms with Crippen LogP contribution in [0.2, 0.25) is 0 Å². The van der Waals surface area contributed by atoms with E-state index >= 15 is 0 Å². The molecule has 0 radical (unpaired) electrons. The lowest BCUT2D eigenvalue weighted by Crippen LogP contribution is -2.48. The highest BCUT2D eigenvalue weighted by Gasteiger charge is 2.27.